The molecule has 0 aliphatic rings. The number of carbonyl (C=O) groups excluding carboxylic acids is 1. The van der Waals surface area contributed by atoms with Crippen molar-refractivity contribution >= 4 is 34.0 Å². The number of halogens is 1. The second-order valence-electron chi connectivity index (χ2n) is 5.57. The van der Waals surface area contributed by atoms with E-state index >= 15 is 0 Å². The fraction of sp³-hybridized carbons (Fsp3) is 0.211. The van der Waals surface area contributed by atoms with E-state index in [-0.39, 0.29) is 5.91 Å². The number of benzene rings is 1. The van der Waals surface area contributed by atoms with Gasteiger partial charge in [0.25, 0.3) is 5.91 Å². The summed E-state index contributed by atoms with van der Waals surface area (Å²) in [6.45, 7) is 2.51. The van der Waals surface area contributed by atoms with Crippen LogP contribution in [0.25, 0.3) is 11.3 Å². The molecule has 1 aromatic carbocycles. The van der Waals surface area contributed by atoms with Gasteiger partial charge in [0.15, 0.2) is 16.6 Å². The molecule has 27 heavy (non-hydrogen) atoms. The van der Waals surface area contributed by atoms with Crippen molar-refractivity contribution in [3.8, 4) is 22.8 Å². The molecule has 2 heterocycles. The lowest BCUT2D eigenvalue weighted by atomic mass is 10.2. The molecule has 3 rings (SSSR count). The van der Waals surface area contributed by atoms with Gasteiger partial charge in [-0.05, 0) is 30.7 Å². The number of ether oxygens (including phenoxy) is 2. The maximum Gasteiger partial charge on any atom is 0.257 e. The number of thiazole rings is 1. The monoisotopic (exact) mass is 403 g/mol. The molecule has 0 aliphatic heterocycles. The van der Waals surface area contributed by atoms with Gasteiger partial charge in [0.1, 0.15) is 0 Å². The molecule has 140 valence electrons. The van der Waals surface area contributed by atoms with E-state index in [0.29, 0.717) is 33.8 Å². The normalized spacial score (nSPS) is 10.5. The molecule has 6 nitrogen and oxygen atoms in total. The molecule has 1 N–H and O–H groups in total. The summed E-state index contributed by atoms with van der Waals surface area (Å²) in [5.41, 5.74) is 2.00. The summed E-state index contributed by atoms with van der Waals surface area (Å²) in [6.07, 6.45) is 4.26. The maximum atomic E-state index is 12.6. The predicted molar refractivity (Wildman–Crippen MR) is 107 cm³/mol. The quantitative estimate of drug-likeness (QED) is 0.606. The van der Waals surface area contributed by atoms with Gasteiger partial charge >= 0.3 is 0 Å². The molecule has 0 saturated heterocycles. The van der Waals surface area contributed by atoms with Gasteiger partial charge in [-0.2, -0.15) is 0 Å². The number of hydrogen-bond donors (Lipinski definition) is 1. The van der Waals surface area contributed by atoms with Crippen LogP contribution in [0.1, 0.15) is 23.7 Å². The van der Waals surface area contributed by atoms with Gasteiger partial charge in [-0.15, -0.1) is 11.3 Å². The fourth-order valence-electron chi connectivity index (χ4n) is 2.34. The van der Waals surface area contributed by atoms with Crippen molar-refractivity contribution in [3.05, 3.63) is 52.6 Å². The molecule has 0 atom stereocenters. The van der Waals surface area contributed by atoms with Crippen LogP contribution in [-0.4, -0.2) is 29.6 Å². The number of carbonyl (C=O) groups is 1. The minimum Gasteiger partial charge on any atom is -0.493 e. The van der Waals surface area contributed by atoms with Crippen molar-refractivity contribution in [1.29, 1.82) is 0 Å². The topological polar surface area (TPSA) is 73.3 Å². The van der Waals surface area contributed by atoms with E-state index in [1.165, 1.54) is 18.4 Å². The minimum absolute atomic E-state index is 0.322. The van der Waals surface area contributed by atoms with E-state index in [1.54, 1.807) is 24.5 Å². The molecule has 0 radical (unpaired) electrons. The van der Waals surface area contributed by atoms with Crippen LogP contribution in [0.15, 0.2) is 42.0 Å². The number of pyridine rings is 1. The van der Waals surface area contributed by atoms with E-state index in [0.717, 1.165) is 17.7 Å². The zero-order valence-corrected chi connectivity index (χ0v) is 16.4. The molecular weight excluding hydrogens is 386 g/mol. The standard InChI is InChI=1S/C19H18ClN3O3S/c1-3-7-26-17-14(20)8-13(9-16(17)25-2)18(24)23-19-22-15(11-27-19)12-5-4-6-21-10-12/h4-6,8-11H,3,7H2,1-2H3,(H,22,23,24). The highest BCUT2D eigenvalue weighted by Crippen LogP contribution is 2.37. The van der Waals surface area contributed by atoms with E-state index in [9.17, 15) is 4.79 Å². The third kappa shape index (κ3) is 4.56. The summed E-state index contributed by atoms with van der Waals surface area (Å²) in [6, 6.07) is 6.90. The molecule has 0 aliphatic carbocycles. The molecule has 0 spiro atoms. The van der Waals surface area contributed by atoms with Crippen LogP contribution in [0.5, 0.6) is 11.5 Å². The SMILES string of the molecule is CCCOc1c(Cl)cc(C(=O)Nc2nc(-c3cccnc3)cs2)cc1OC. The van der Waals surface area contributed by atoms with Crippen LogP contribution >= 0.6 is 22.9 Å². The number of methoxy groups -OCH3 is 1. The van der Waals surface area contributed by atoms with Crippen LogP contribution in [0.4, 0.5) is 5.13 Å². The van der Waals surface area contributed by atoms with E-state index in [1.807, 2.05) is 24.4 Å². The van der Waals surface area contributed by atoms with Crippen molar-refractivity contribution in [2.45, 2.75) is 13.3 Å². The third-order valence-corrected chi connectivity index (χ3v) is 4.66. The van der Waals surface area contributed by atoms with E-state index in [4.69, 9.17) is 21.1 Å². The minimum atomic E-state index is -0.329. The Morgan fingerprint density at radius 1 is 1.37 bits per heavy atom. The first-order valence-electron chi connectivity index (χ1n) is 8.30. The Bertz CT molecular complexity index is 931. The highest BCUT2D eigenvalue weighted by molar-refractivity contribution is 7.14. The lowest BCUT2D eigenvalue weighted by Gasteiger charge is -2.13. The Labute approximate surface area is 166 Å². The van der Waals surface area contributed by atoms with Crippen molar-refractivity contribution in [2.75, 3.05) is 19.0 Å². The number of amides is 1. The summed E-state index contributed by atoms with van der Waals surface area (Å²) >= 11 is 7.61. The first-order valence-corrected chi connectivity index (χ1v) is 9.55. The van der Waals surface area contributed by atoms with Gasteiger partial charge in [0.2, 0.25) is 0 Å². The number of hydrogen-bond acceptors (Lipinski definition) is 6. The first kappa shape index (κ1) is 19.1. The lowest BCUT2D eigenvalue weighted by molar-refractivity contribution is 0.102. The highest BCUT2D eigenvalue weighted by atomic mass is 35.5. The Balaban J connectivity index is 1.78. The molecule has 8 heteroatoms. The molecule has 0 unspecified atom stereocenters. The van der Waals surface area contributed by atoms with Gasteiger partial charge in [-0.25, -0.2) is 4.98 Å². The summed E-state index contributed by atoms with van der Waals surface area (Å²) < 4.78 is 10.9. The summed E-state index contributed by atoms with van der Waals surface area (Å²) in [7, 11) is 1.51. The molecule has 1 amide bonds. The summed E-state index contributed by atoms with van der Waals surface area (Å²) in [5, 5.41) is 5.45. The molecule has 0 saturated carbocycles. The van der Waals surface area contributed by atoms with Crippen molar-refractivity contribution in [2.24, 2.45) is 0 Å². The highest BCUT2D eigenvalue weighted by Gasteiger charge is 2.17. The molecular formula is C19H18ClN3O3S. The Hall–Kier alpha value is -2.64. The van der Waals surface area contributed by atoms with Gasteiger partial charge in [-0.3, -0.25) is 15.1 Å². The second-order valence-corrected chi connectivity index (χ2v) is 6.84. The number of nitrogens with zero attached hydrogens (tertiary/aromatic N) is 2. The lowest BCUT2D eigenvalue weighted by Crippen LogP contribution is -2.12. The zero-order chi connectivity index (χ0) is 19.2. The number of anilines is 1. The van der Waals surface area contributed by atoms with Crippen molar-refractivity contribution in [1.82, 2.24) is 9.97 Å². The van der Waals surface area contributed by atoms with Crippen LogP contribution in [0.3, 0.4) is 0 Å². The van der Waals surface area contributed by atoms with E-state index in [2.05, 4.69) is 15.3 Å². The number of nitrogens with one attached hydrogen (secondary N) is 1. The van der Waals surface area contributed by atoms with Crippen LogP contribution < -0.4 is 14.8 Å². The summed E-state index contributed by atoms with van der Waals surface area (Å²) in [5.74, 6) is 0.520. The number of rotatable bonds is 7. The maximum absolute atomic E-state index is 12.6. The second kappa shape index (κ2) is 8.83. The molecule has 3 aromatic rings. The Kier molecular flexibility index (Phi) is 6.26. The molecule has 0 bridgehead atoms. The Morgan fingerprint density at radius 3 is 2.93 bits per heavy atom. The van der Waals surface area contributed by atoms with Gasteiger partial charge < -0.3 is 9.47 Å². The average molecular weight is 404 g/mol. The molecule has 2 aromatic heterocycles. The van der Waals surface area contributed by atoms with Crippen molar-refractivity contribution < 1.29 is 14.3 Å². The van der Waals surface area contributed by atoms with Crippen LogP contribution in [0.2, 0.25) is 5.02 Å². The molecule has 0 fully saturated rings. The van der Waals surface area contributed by atoms with E-state index < -0.39 is 0 Å². The average Bonchev–Trinajstić information content (AvgIpc) is 3.15. The van der Waals surface area contributed by atoms with Crippen LogP contribution in [-0.2, 0) is 0 Å². The van der Waals surface area contributed by atoms with Crippen molar-refractivity contribution in [3.63, 3.8) is 0 Å². The van der Waals surface area contributed by atoms with Gasteiger partial charge in [-0.1, -0.05) is 18.5 Å². The predicted octanol–water partition coefficient (Wildman–Crippen LogP) is 4.91. The fourth-order valence-corrected chi connectivity index (χ4v) is 3.32. The van der Waals surface area contributed by atoms with Gasteiger partial charge in [0.05, 0.1) is 24.4 Å². The third-order valence-electron chi connectivity index (χ3n) is 3.62. The summed E-state index contributed by atoms with van der Waals surface area (Å²) in [4.78, 5) is 21.1. The number of aromatic nitrogens is 2. The smallest absolute Gasteiger partial charge is 0.257 e. The largest absolute Gasteiger partial charge is 0.493 e. The van der Waals surface area contributed by atoms with Crippen LogP contribution in [0, 0.1) is 0 Å². The van der Waals surface area contributed by atoms with Gasteiger partial charge in [0, 0.05) is 28.9 Å². The first-order chi connectivity index (χ1) is 13.1. The Morgan fingerprint density at radius 2 is 2.22 bits per heavy atom. The zero-order valence-electron chi connectivity index (χ0n) is 14.9.